The van der Waals surface area contributed by atoms with Crippen LogP contribution in [0.15, 0.2) is 66.1 Å². The van der Waals surface area contributed by atoms with E-state index in [0.717, 1.165) is 21.7 Å². The molecule has 0 fully saturated rings. The summed E-state index contributed by atoms with van der Waals surface area (Å²) >= 11 is 1.60. The Bertz CT molecular complexity index is 956. The molecule has 0 bridgehead atoms. The van der Waals surface area contributed by atoms with Crippen LogP contribution in [0.1, 0.15) is 16.1 Å². The van der Waals surface area contributed by atoms with Crippen LogP contribution in [0.25, 0.3) is 10.9 Å². The Balaban J connectivity index is 1.91. The first-order valence-electron chi connectivity index (χ1n) is 7.79. The number of hydrogen-bond acceptors (Lipinski definition) is 3. The maximum Gasteiger partial charge on any atom is 0.257 e. The Morgan fingerprint density at radius 1 is 1.28 bits per heavy atom. The minimum absolute atomic E-state index is 0.233. The zero-order valence-electron chi connectivity index (χ0n) is 13.8. The topological polar surface area (TPSA) is 42.0 Å². The van der Waals surface area contributed by atoms with E-state index in [2.05, 4.69) is 16.9 Å². The fraction of sp³-hybridized carbons (Fsp3) is 0.100. The summed E-state index contributed by atoms with van der Waals surface area (Å²) in [7, 11) is 0. The first-order chi connectivity index (χ1) is 12.1. The number of amides is 1. The summed E-state index contributed by atoms with van der Waals surface area (Å²) in [6.45, 7) is 5.47. The summed E-state index contributed by atoms with van der Waals surface area (Å²) in [6, 6.07) is 13.7. The number of rotatable bonds is 5. The molecule has 0 aliphatic carbocycles. The van der Waals surface area contributed by atoms with E-state index in [1.165, 1.54) is 12.1 Å². The van der Waals surface area contributed by atoms with Crippen molar-refractivity contribution in [3.63, 3.8) is 0 Å². The first-order valence-corrected chi connectivity index (χ1v) is 8.78. The van der Waals surface area contributed by atoms with Crippen molar-refractivity contribution in [2.75, 3.05) is 11.1 Å². The quantitative estimate of drug-likeness (QED) is 0.506. The molecule has 126 valence electrons. The fourth-order valence-electron chi connectivity index (χ4n) is 2.50. The van der Waals surface area contributed by atoms with E-state index in [4.69, 9.17) is 0 Å². The van der Waals surface area contributed by atoms with E-state index < -0.39 is 0 Å². The van der Waals surface area contributed by atoms with Crippen molar-refractivity contribution in [1.29, 1.82) is 0 Å². The van der Waals surface area contributed by atoms with Crippen LogP contribution < -0.4 is 5.32 Å². The third-order valence-corrected chi connectivity index (χ3v) is 4.78. The predicted molar refractivity (Wildman–Crippen MR) is 102 cm³/mol. The molecule has 5 heteroatoms. The third kappa shape index (κ3) is 3.88. The van der Waals surface area contributed by atoms with Crippen LogP contribution in [0.2, 0.25) is 0 Å². The van der Waals surface area contributed by atoms with Crippen LogP contribution in [-0.4, -0.2) is 16.6 Å². The van der Waals surface area contributed by atoms with Gasteiger partial charge < -0.3 is 5.32 Å². The predicted octanol–water partition coefficient (Wildman–Crippen LogP) is 5.21. The van der Waals surface area contributed by atoms with Crippen molar-refractivity contribution in [2.24, 2.45) is 0 Å². The number of pyridine rings is 1. The lowest BCUT2D eigenvalue weighted by molar-refractivity contribution is 0.102. The van der Waals surface area contributed by atoms with Crippen molar-refractivity contribution in [2.45, 2.75) is 11.8 Å². The Morgan fingerprint density at radius 3 is 2.88 bits per heavy atom. The molecule has 1 heterocycles. The van der Waals surface area contributed by atoms with Crippen molar-refractivity contribution < 1.29 is 9.18 Å². The Morgan fingerprint density at radius 2 is 2.08 bits per heavy atom. The van der Waals surface area contributed by atoms with Crippen LogP contribution in [0, 0.1) is 12.7 Å². The zero-order chi connectivity index (χ0) is 17.8. The molecule has 1 amide bonds. The van der Waals surface area contributed by atoms with Crippen LogP contribution in [0.4, 0.5) is 10.1 Å². The standard InChI is InChI=1S/C20H17FN2OS/c1-3-10-25-19-7-5-4-6-17(19)23-20(24)16-11-14-8-9-15(21)12-18(14)22-13(16)2/h3-9,11-12H,1,10H2,2H3,(H,23,24). The fourth-order valence-corrected chi connectivity index (χ4v) is 3.25. The molecule has 0 spiro atoms. The number of halogens is 1. The molecular weight excluding hydrogens is 335 g/mol. The van der Waals surface area contributed by atoms with Gasteiger partial charge in [0.15, 0.2) is 0 Å². The molecule has 3 rings (SSSR count). The van der Waals surface area contributed by atoms with E-state index in [0.29, 0.717) is 16.8 Å². The SMILES string of the molecule is C=CCSc1ccccc1NC(=O)c1cc2ccc(F)cc2nc1C. The van der Waals surface area contributed by atoms with Gasteiger partial charge in [-0.1, -0.05) is 18.2 Å². The van der Waals surface area contributed by atoms with Gasteiger partial charge in [-0.15, -0.1) is 18.3 Å². The molecule has 0 radical (unpaired) electrons. The second-order valence-corrected chi connectivity index (χ2v) is 6.57. The lowest BCUT2D eigenvalue weighted by Crippen LogP contribution is -2.14. The lowest BCUT2D eigenvalue weighted by atomic mass is 10.1. The number of carbonyl (C=O) groups is 1. The smallest absolute Gasteiger partial charge is 0.257 e. The average molecular weight is 352 g/mol. The summed E-state index contributed by atoms with van der Waals surface area (Å²) in [4.78, 5) is 18.0. The highest BCUT2D eigenvalue weighted by Crippen LogP contribution is 2.28. The number of hydrogen-bond donors (Lipinski definition) is 1. The number of anilines is 1. The summed E-state index contributed by atoms with van der Waals surface area (Å²) in [5.41, 5.74) is 2.32. The van der Waals surface area contributed by atoms with E-state index >= 15 is 0 Å². The second-order valence-electron chi connectivity index (χ2n) is 5.51. The minimum atomic E-state index is -0.343. The Labute approximate surface area is 150 Å². The molecule has 0 saturated carbocycles. The van der Waals surface area contributed by atoms with Gasteiger partial charge in [-0.3, -0.25) is 9.78 Å². The monoisotopic (exact) mass is 352 g/mol. The molecule has 1 aromatic heterocycles. The molecule has 3 aromatic rings. The van der Waals surface area contributed by atoms with Gasteiger partial charge >= 0.3 is 0 Å². The number of aromatic nitrogens is 1. The molecule has 2 aromatic carbocycles. The van der Waals surface area contributed by atoms with Gasteiger partial charge in [-0.2, -0.15) is 0 Å². The molecule has 3 nitrogen and oxygen atoms in total. The lowest BCUT2D eigenvalue weighted by Gasteiger charge is -2.12. The van der Waals surface area contributed by atoms with Crippen LogP contribution in [0.3, 0.4) is 0 Å². The summed E-state index contributed by atoms with van der Waals surface area (Å²) in [5, 5.41) is 3.67. The number of aryl methyl sites for hydroxylation is 1. The van der Waals surface area contributed by atoms with E-state index in [-0.39, 0.29) is 11.7 Å². The van der Waals surface area contributed by atoms with E-state index in [1.54, 1.807) is 30.8 Å². The normalized spacial score (nSPS) is 10.6. The molecule has 1 N–H and O–H groups in total. The first kappa shape index (κ1) is 17.2. The van der Waals surface area contributed by atoms with Crippen LogP contribution in [0.5, 0.6) is 0 Å². The van der Waals surface area contributed by atoms with Gasteiger partial charge in [0.25, 0.3) is 5.91 Å². The molecule has 25 heavy (non-hydrogen) atoms. The van der Waals surface area contributed by atoms with Gasteiger partial charge in [0.2, 0.25) is 0 Å². The van der Waals surface area contributed by atoms with Gasteiger partial charge in [-0.25, -0.2) is 4.39 Å². The van der Waals surface area contributed by atoms with Crippen molar-refractivity contribution in [3.8, 4) is 0 Å². The van der Waals surface area contributed by atoms with Crippen molar-refractivity contribution in [1.82, 2.24) is 4.98 Å². The minimum Gasteiger partial charge on any atom is -0.321 e. The molecule has 0 unspecified atom stereocenters. The average Bonchev–Trinajstić information content (AvgIpc) is 2.60. The molecule has 0 saturated heterocycles. The van der Waals surface area contributed by atoms with E-state index in [1.807, 2.05) is 30.3 Å². The zero-order valence-corrected chi connectivity index (χ0v) is 14.6. The van der Waals surface area contributed by atoms with Crippen molar-refractivity contribution >= 4 is 34.3 Å². The highest BCUT2D eigenvalue weighted by molar-refractivity contribution is 7.99. The van der Waals surface area contributed by atoms with Gasteiger partial charge in [0.1, 0.15) is 5.82 Å². The Hall–Kier alpha value is -2.66. The maximum atomic E-state index is 13.3. The highest BCUT2D eigenvalue weighted by Gasteiger charge is 2.14. The third-order valence-electron chi connectivity index (χ3n) is 3.71. The van der Waals surface area contributed by atoms with Crippen molar-refractivity contribution in [3.05, 3.63) is 78.3 Å². The van der Waals surface area contributed by atoms with Gasteiger partial charge in [0.05, 0.1) is 22.5 Å². The second kappa shape index (κ2) is 7.49. The highest BCUT2D eigenvalue weighted by atomic mass is 32.2. The molecular formula is C20H17FN2OS. The number of nitrogens with zero attached hydrogens (tertiary/aromatic N) is 1. The number of para-hydroxylation sites is 1. The number of carbonyl (C=O) groups excluding carboxylic acids is 1. The van der Waals surface area contributed by atoms with Gasteiger partial charge in [-0.05, 0) is 37.3 Å². The molecule has 0 atom stereocenters. The Kier molecular flexibility index (Phi) is 5.14. The summed E-state index contributed by atoms with van der Waals surface area (Å²) in [6.07, 6.45) is 1.82. The number of fused-ring (bicyclic) bond motifs is 1. The maximum absolute atomic E-state index is 13.3. The number of nitrogens with one attached hydrogen (secondary N) is 1. The van der Waals surface area contributed by atoms with Gasteiger partial charge in [0, 0.05) is 22.1 Å². The van der Waals surface area contributed by atoms with Crippen LogP contribution >= 0.6 is 11.8 Å². The van der Waals surface area contributed by atoms with E-state index in [9.17, 15) is 9.18 Å². The van der Waals surface area contributed by atoms with Crippen LogP contribution in [-0.2, 0) is 0 Å². The number of thioether (sulfide) groups is 1. The largest absolute Gasteiger partial charge is 0.321 e. The summed E-state index contributed by atoms with van der Waals surface area (Å²) in [5.74, 6) is 0.183. The molecule has 0 aliphatic heterocycles. The molecule has 0 aliphatic rings. The number of benzene rings is 2. The summed E-state index contributed by atoms with van der Waals surface area (Å²) < 4.78 is 13.3.